The zero-order valence-electron chi connectivity index (χ0n) is 19.0. The highest BCUT2D eigenvalue weighted by Gasteiger charge is 2.28. The van der Waals surface area contributed by atoms with Crippen LogP contribution in [0.5, 0.6) is 0 Å². The number of carbonyl (C=O) groups excluding carboxylic acids is 5. The van der Waals surface area contributed by atoms with Gasteiger partial charge in [0.15, 0.2) is 0 Å². The van der Waals surface area contributed by atoms with Crippen molar-refractivity contribution in [2.45, 2.75) is 37.6 Å². The first-order valence-electron chi connectivity index (χ1n) is 10.3. The minimum Gasteiger partial charge on any atom is -0.481 e. The molecule has 0 radical (unpaired) electrons. The number of rotatable bonds is 18. The van der Waals surface area contributed by atoms with Crippen LogP contribution < -0.4 is 32.7 Å². The predicted molar refractivity (Wildman–Crippen MR) is 115 cm³/mol. The van der Waals surface area contributed by atoms with Crippen molar-refractivity contribution in [3.05, 3.63) is 0 Å². The number of urea groups is 1. The van der Waals surface area contributed by atoms with E-state index in [1.165, 1.54) is 6.92 Å². The maximum Gasteiger partial charge on any atom is 0.316 e. The average molecular weight is 508 g/mol. The minimum absolute atomic E-state index is 0.00285. The van der Waals surface area contributed by atoms with Crippen molar-refractivity contribution >= 4 is 35.6 Å². The maximum atomic E-state index is 12.2. The van der Waals surface area contributed by atoms with Gasteiger partial charge in [0.25, 0.3) is 0 Å². The van der Waals surface area contributed by atoms with Crippen LogP contribution in [-0.4, -0.2) is 115 Å². The predicted octanol–water partition coefficient (Wildman–Crippen LogP) is -5.52. The fourth-order valence-corrected chi connectivity index (χ4v) is 2.33. The van der Waals surface area contributed by atoms with Crippen LogP contribution in [0.25, 0.3) is 0 Å². The van der Waals surface area contributed by atoms with E-state index in [0.717, 1.165) is 0 Å². The average Bonchev–Trinajstić information content (AvgIpc) is 2.76. The van der Waals surface area contributed by atoms with Crippen LogP contribution in [0.4, 0.5) is 4.79 Å². The van der Waals surface area contributed by atoms with Crippen LogP contribution in [0.15, 0.2) is 0 Å². The van der Waals surface area contributed by atoms with Gasteiger partial charge in [-0.15, -0.1) is 0 Å². The van der Waals surface area contributed by atoms with Crippen LogP contribution in [0.3, 0.4) is 0 Å². The largest absolute Gasteiger partial charge is 0.481 e. The Balaban J connectivity index is 4.25. The molecule has 200 valence electrons. The molecule has 0 aliphatic heterocycles. The Morgan fingerprint density at radius 1 is 0.886 bits per heavy atom. The quantitative estimate of drug-likeness (QED) is 0.0787. The summed E-state index contributed by atoms with van der Waals surface area (Å²) >= 11 is 0. The number of primary amides is 2. The second-order valence-corrected chi connectivity index (χ2v) is 7.05. The Bertz CT molecular complexity index is 748. The Morgan fingerprint density at radius 3 is 2.00 bits per heavy atom. The minimum atomic E-state index is -1.52. The summed E-state index contributed by atoms with van der Waals surface area (Å²) in [5.41, 5.74) is 9.98. The van der Waals surface area contributed by atoms with Gasteiger partial charge in [-0.05, 0) is 6.92 Å². The number of aliphatic carboxylic acids is 1. The molecule has 11 N–H and O–H groups in total. The first-order valence-corrected chi connectivity index (χ1v) is 10.3. The van der Waals surface area contributed by atoms with Crippen molar-refractivity contribution in [1.29, 1.82) is 0 Å². The molecule has 0 aliphatic carbocycles. The van der Waals surface area contributed by atoms with Gasteiger partial charge >= 0.3 is 12.0 Å². The number of nitrogens with one attached hydrogen (secondary N) is 4. The first kappa shape index (κ1) is 31.5. The number of hydrogen-bond donors (Lipinski definition) is 9. The topological polar surface area (TPSA) is 282 Å². The van der Waals surface area contributed by atoms with Crippen molar-refractivity contribution in [2.75, 3.05) is 39.6 Å². The molecular weight excluding hydrogens is 476 g/mol. The van der Waals surface area contributed by atoms with Crippen LogP contribution in [0, 0.1) is 0 Å². The highest BCUT2D eigenvalue weighted by Crippen LogP contribution is 1.96. The number of carboxylic acids is 1. The summed E-state index contributed by atoms with van der Waals surface area (Å²) in [7, 11) is 0. The van der Waals surface area contributed by atoms with Crippen molar-refractivity contribution in [3.8, 4) is 0 Å². The Labute approximate surface area is 199 Å². The van der Waals surface area contributed by atoms with Crippen molar-refractivity contribution in [2.24, 2.45) is 11.5 Å². The second-order valence-electron chi connectivity index (χ2n) is 7.05. The molecule has 35 heavy (non-hydrogen) atoms. The highest BCUT2D eigenvalue weighted by molar-refractivity contribution is 5.91. The molecule has 0 heterocycles. The Morgan fingerprint density at radius 2 is 1.49 bits per heavy atom. The molecule has 0 bridgehead atoms. The van der Waals surface area contributed by atoms with E-state index in [-0.39, 0.29) is 26.4 Å². The van der Waals surface area contributed by atoms with E-state index >= 15 is 0 Å². The van der Waals surface area contributed by atoms with Gasteiger partial charge in [0.05, 0.1) is 39.0 Å². The van der Waals surface area contributed by atoms with E-state index in [1.54, 1.807) is 0 Å². The number of hydrogen-bond acceptors (Lipinski definition) is 10. The monoisotopic (exact) mass is 508 g/mol. The highest BCUT2D eigenvalue weighted by atomic mass is 16.5. The van der Waals surface area contributed by atoms with E-state index < -0.39 is 79.5 Å². The Kier molecular flexibility index (Phi) is 15.3. The smallest absolute Gasteiger partial charge is 0.316 e. The van der Waals surface area contributed by atoms with Crippen molar-refractivity contribution in [3.63, 3.8) is 0 Å². The summed E-state index contributed by atoms with van der Waals surface area (Å²) in [6, 6.07) is -5.26. The molecule has 0 saturated carbocycles. The number of carboxylic acid groups (broad SMARTS) is 1. The molecule has 4 atom stereocenters. The summed E-state index contributed by atoms with van der Waals surface area (Å²) in [6.45, 7) is 0.200. The summed E-state index contributed by atoms with van der Waals surface area (Å²) in [5, 5.41) is 36.1. The van der Waals surface area contributed by atoms with Crippen LogP contribution in [0.1, 0.15) is 13.3 Å². The summed E-state index contributed by atoms with van der Waals surface area (Å²) in [6.07, 6.45) is -2.11. The molecule has 0 aromatic heterocycles. The molecule has 0 fully saturated rings. The van der Waals surface area contributed by atoms with Gasteiger partial charge in [-0.2, -0.15) is 0 Å². The molecule has 0 aliphatic rings. The SMILES string of the molecule is C[C@H](O)[C@H](NC(=O)N[C@H](CC(=O)O)C(N)=O)C(=O)NCCOCCOCC(=O)N[C@@H](CO)C(N)=O. The fraction of sp³-hybridized carbons (Fsp3) is 0.667. The van der Waals surface area contributed by atoms with E-state index in [2.05, 4.69) is 16.0 Å². The Hall–Kier alpha value is -3.54. The van der Waals surface area contributed by atoms with Gasteiger partial charge in [-0.1, -0.05) is 0 Å². The molecule has 17 heteroatoms. The van der Waals surface area contributed by atoms with E-state index in [1.807, 2.05) is 5.32 Å². The molecule has 0 spiro atoms. The number of carbonyl (C=O) groups is 6. The number of aliphatic hydroxyl groups excluding tert-OH is 2. The third-order valence-corrected chi connectivity index (χ3v) is 4.09. The lowest BCUT2D eigenvalue weighted by molar-refractivity contribution is -0.139. The van der Waals surface area contributed by atoms with Gasteiger partial charge in [0, 0.05) is 6.54 Å². The molecular formula is C18H32N6O11. The molecule has 0 saturated heterocycles. The first-order chi connectivity index (χ1) is 16.4. The molecule has 0 rings (SSSR count). The second kappa shape index (κ2) is 17.0. The van der Waals surface area contributed by atoms with E-state index in [9.17, 15) is 33.9 Å². The number of nitrogens with two attached hydrogens (primary N) is 2. The van der Waals surface area contributed by atoms with Gasteiger partial charge in [0.1, 0.15) is 24.7 Å². The summed E-state index contributed by atoms with van der Waals surface area (Å²) in [4.78, 5) is 68.6. The lowest BCUT2D eigenvalue weighted by Crippen LogP contribution is -2.58. The molecule has 6 amide bonds. The van der Waals surface area contributed by atoms with E-state index in [4.69, 9.17) is 31.2 Å². The maximum absolute atomic E-state index is 12.2. The lowest BCUT2D eigenvalue weighted by atomic mass is 10.1. The molecule has 0 unspecified atom stereocenters. The number of ether oxygens (including phenoxy) is 2. The molecule has 0 aromatic rings. The van der Waals surface area contributed by atoms with Crippen LogP contribution in [0.2, 0.25) is 0 Å². The van der Waals surface area contributed by atoms with Crippen LogP contribution in [-0.2, 0) is 33.4 Å². The zero-order chi connectivity index (χ0) is 27.0. The normalized spacial score (nSPS) is 14.0. The summed E-state index contributed by atoms with van der Waals surface area (Å²) < 4.78 is 10.2. The summed E-state index contributed by atoms with van der Waals surface area (Å²) in [5.74, 6) is -4.82. The number of aliphatic hydroxyl groups is 2. The van der Waals surface area contributed by atoms with E-state index in [0.29, 0.717) is 0 Å². The lowest BCUT2D eigenvalue weighted by Gasteiger charge is -2.22. The van der Waals surface area contributed by atoms with Gasteiger partial charge < -0.3 is 57.5 Å². The third-order valence-electron chi connectivity index (χ3n) is 4.09. The van der Waals surface area contributed by atoms with Crippen molar-refractivity contribution in [1.82, 2.24) is 21.3 Å². The number of amides is 6. The van der Waals surface area contributed by atoms with Crippen molar-refractivity contribution < 1.29 is 53.6 Å². The van der Waals surface area contributed by atoms with Crippen LogP contribution >= 0.6 is 0 Å². The van der Waals surface area contributed by atoms with Gasteiger partial charge in [-0.3, -0.25) is 24.0 Å². The fourth-order valence-electron chi connectivity index (χ4n) is 2.33. The molecule has 0 aromatic carbocycles. The van der Waals surface area contributed by atoms with Gasteiger partial charge in [-0.25, -0.2) is 4.79 Å². The standard InChI is InChI=1S/C18H32N6O11/c1-9(26)14(24-18(33)23-10(15(19)30)6-13(28)29)17(32)21-2-3-34-4-5-35-8-12(27)22-11(7-25)16(20)31/h9-11,14,25-26H,2-8H2,1H3,(H2,19,30)(H2,20,31)(H,21,32)(H,22,27)(H,28,29)(H2,23,24,33)/t9-,10+,11-,14-/m0/s1. The molecule has 17 nitrogen and oxygen atoms in total. The zero-order valence-corrected chi connectivity index (χ0v) is 19.0. The van der Waals surface area contributed by atoms with Gasteiger partial charge in [0.2, 0.25) is 23.6 Å². The third kappa shape index (κ3) is 14.4.